The van der Waals surface area contributed by atoms with Gasteiger partial charge in [-0.15, -0.1) is 0 Å². The molecular formula is C17H13ClN4O2. The Morgan fingerprint density at radius 3 is 2.54 bits per heavy atom. The largest absolute Gasteiger partial charge is 0.271 e. The van der Waals surface area contributed by atoms with Crippen molar-refractivity contribution in [2.75, 3.05) is 4.90 Å². The van der Waals surface area contributed by atoms with Gasteiger partial charge in [0.05, 0.1) is 12.2 Å². The molecule has 24 heavy (non-hydrogen) atoms. The molecule has 0 radical (unpaired) electrons. The van der Waals surface area contributed by atoms with Crippen molar-refractivity contribution in [2.45, 2.75) is 18.6 Å². The van der Waals surface area contributed by atoms with Gasteiger partial charge in [0.1, 0.15) is 0 Å². The van der Waals surface area contributed by atoms with Crippen LogP contribution in [0.5, 0.6) is 0 Å². The lowest BCUT2D eigenvalue weighted by atomic mass is 10.1. The molecule has 1 saturated heterocycles. The van der Waals surface area contributed by atoms with E-state index >= 15 is 0 Å². The van der Waals surface area contributed by atoms with E-state index in [0.29, 0.717) is 17.3 Å². The number of hydrogen-bond acceptors (Lipinski definition) is 5. The third kappa shape index (κ3) is 2.35. The number of amides is 2. The van der Waals surface area contributed by atoms with E-state index in [1.54, 1.807) is 41.4 Å². The molecule has 4 rings (SSSR count). The Kier molecular flexibility index (Phi) is 3.54. The lowest BCUT2D eigenvalue weighted by Crippen LogP contribution is -2.39. The number of anilines is 1. The molecule has 0 N–H and O–H groups in total. The minimum absolute atomic E-state index is 0.303. The summed E-state index contributed by atoms with van der Waals surface area (Å²) < 4.78 is 0. The highest BCUT2D eigenvalue weighted by molar-refractivity contribution is 6.30. The molecule has 0 spiro atoms. The molecule has 6 nitrogen and oxygen atoms in total. The van der Waals surface area contributed by atoms with E-state index in [0.717, 1.165) is 5.56 Å². The van der Waals surface area contributed by atoms with Gasteiger partial charge < -0.3 is 0 Å². The summed E-state index contributed by atoms with van der Waals surface area (Å²) in [6, 6.07) is 14.7. The van der Waals surface area contributed by atoms with Crippen molar-refractivity contribution >= 4 is 29.1 Å². The normalized spacial score (nSPS) is 22.4. The van der Waals surface area contributed by atoms with E-state index in [2.05, 4.69) is 10.3 Å². The Labute approximate surface area is 143 Å². The van der Waals surface area contributed by atoms with Crippen LogP contribution in [0, 0.1) is 0 Å². The molecule has 2 aromatic carbocycles. The second-order valence-corrected chi connectivity index (χ2v) is 6.11. The van der Waals surface area contributed by atoms with Crippen molar-refractivity contribution in [1.82, 2.24) is 5.01 Å². The van der Waals surface area contributed by atoms with E-state index < -0.39 is 12.1 Å². The average Bonchev–Trinajstić information content (AvgIpc) is 3.09. The van der Waals surface area contributed by atoms with Crippen LogP contribution in [0.2, 0.25) is 5.02 Å². The van der Waals surface area contributed by atoms with Crippen LogP contribution in [0.15, 0.2) is 64.9 Å². The molecule has 7 heteroatoms. The molecule has 2 atom stereocenters. The van der Waals surface area contributed by atoms with E-state index in [1.165, 1.54) is 4.90 Å². The Morgan fingerprint density at radius 2 is 1.79 bits per heavy atom. The number of benzene rings is 2. The van der Waals surface area contributed by atoms with Crippen LogP contribution in [0.4, 0.5) is 5.69 Å². The quantitative estimate of drug-likeness (QED) is 0.807. The van der Waals surface area contributed by atoms with Gasteiger partial charge >= 0.3 is 0 Å². The predicted octanol–water partition coefficient (Wildman–Crippen LogP) is 2.83. The summed E-state index contributed by atoms with van der Waals surface area (Å²) in [4.78, 5) is 26.5. The van der Waals surface area contributed by atoms with Crippen molar-refractivity contribution in [3.63, 3.8) is 0 Å². The van der Waals surface area contributed by atoms with E-state index in [1.807, 2.05) is 18.2 Å². The molecule has 0 aromatic heterocycles. The van der Waals surface area contributed by atoms with Gasteiger partial charge in [-0.2, -0.15) is 5.11 Å². The molecule has 0 unspecified atom stereocenters. The Balaban J connectivity index is 1.61. The Hall–Kier alpha value is -2.73. The zero-order chi connectivity index (χ0) is 16.7. The highest BCUT2D eigenvalue weighted by Crippen LogP contribution is 2.32. The summed E-state index contributed by atoms with van der Waals surface area (Å²) >= 11 is 5.99. The fourth-order valence-corrected chi connectivity index (χ4v) is 3.22. The Morgan fingerprint density at radius 1 is 1.00 bits per heavy atom. The van der Waals surface area contributed by atoms with Gasteiger partial charge in [0.25, 0.3) is 11.8 Å². The van der Waals surface area contributed by atoms with Crippen LogP contribution in [-0.4, -0.2) is 28.9 Å². The maximum atomic E-state index is 12.8. The van der Waals surface area contributed by atoms with Crippen LogP contribution < -0.4 is 4.90 Å². The lowest BCUT2D eigenvalue weighted by molar-refractivity contribution is -0.123. The van der Waals surface area contributed by atoms with Crippen LogP contribution in [0.1, 0.15) is 5.56 Å². The number of hydrogen-bond donors (Lipinski definition) is 0. The van der Waals surface area contributed by atoms with Gasteiger partial charge in [-0.05, 0) is 29.8 Å². The van der Waals surface area contributed by atoms with Crippen LogP contribution >= 0.6 is 11.6 Å². The third-order valence-corrected chi connectivity index (χ3v) is 4.34. The first-order chi connectivity index (χ1) is 11.6. The minimum atomic E-state index is -0.781. The predicted molar refractivity (Wildman–Crippen MR) is 88.4 cm³/mol. The highest BCUT2D eigenvalue weighted by Gasteiger charge is 2.54. The van der Waals surface area contributed by atoms with E-state index in [-0.39, 0.29) is 11.8 Å². The van der Waals surface area contributed by atoms with Gasteiger partial charge in [0, 0.05) is 5.02 Å². The van der Waals surface area contributed by atoms with E-state index in [4.69, 9.17) is 11.6 Å². The lowest BCUT2D eigenvalue weighted by Gasteiger charge is -2.20. The number of halogens is 1. The number of carbonyl (C=O) groups is 2. The molecule has 2 aliphatic rings. The molecule has 0 bridgehead atoms. The van der Waals surface area contributed by atoms with Crippen LogP contribution in [-0.2, 0) is 16.1 Å². The minimum Gasteiger partial charge on any atom is -0.271 e. The highest BCUT2D eigenvalue weighted by atomic mass is 35.5. The summed E-state index contributed by atoms with van der Waals surface area (Å²) in [6.07, 6.45) is 0. The summed E-state index contributed by atoms with van der Waals surface area (Å²) in [7, 11) is 0. The standard InChI is InChI=1S/C17H13ClN4O2/c18-12-6-4-5-11(9-12)10-21-15-14(19-20-21)16(23)22(17(15)24)13-7-2-1-3-8-13/h1-9,14-15H,10H2/t14-,15-/m1/s1. The fraction of sp³-hybridized carbons (Fsp3) is 0.176. The monoisotopic (exact) mass is 340 g/mol. The summed E-state index contributed by atoms with van der Waals surface area (Å²) in [6.45, 7) is 0.368. The molecule has 2 aromatic rings. The topological polar surface area (TPSA) is 65.3 Å². The van der Waals surface area contributed by atoms with Crippen molar-refractivity contribution in [3.05, 3.63) is 65.2 Å². The first kappa shape index (κ1) is 14.8. The zero-order valence-corrected chi connectivity index (χ0v) is 13.3. The van der Waals surface area contributed by atoms with Gasteiger partial charge in [-0.25, -0.2) is 4.90 Å². The smallest absolute Gasteiger partial charge is 0.263 e. The molecule has 2 amide bonds. The second kappa shape index (κ2) is 5.72. The number of fused-ring (bicyclic) bond motifs is 1. The van der Waals surface area contributed by atoms with E-state index in [9.17, 15) is 9.59 Å². The number of carbonyl (C=O) groups excluding carboxylic acids is 2. The first-order valence-corrected chi connectivity index (χ1v) is 7.87. The summed E-state index contributed by atoms with van der Waals surface area (Å²) in [5.41, 5.74) is 1.46. The van der Waals surface area contributed by atoms with Gasteiger partial charge in [0.2, 0.25) is 0 Å². The number of rotatable bonds is 3. The molecule has 0 aliphatic carbocycles. The number of para-hydroxylation sites is 1. The first-order valence-electron chi connectivity index (χ1n) is 7.50. The summed E-state index contributed by atoms with van der Waals surface area (Å²) in [5, 5.41) is 10.2. The third-order valence-electron chi connectivity index (χ3n) is 4.11. The van der Waals surface area contributed by atoms with Crippen molar-refractivity contribution < 1.29 is 9.59 Å². The van der Waals surface area contributed by atoms with Gasteiger partial charge in [0.15, 0.2) is 12.1 Å². The molecule has 120 valence electrons. The van der Waals surface area contributed by atoms with Crippen molar-refractivity contribution in [1.29, 1.82) is 0 Å². The SMILES string of the molecule is O=C1[C@@H]2N=NN(Cc3cccc(Cl)c3)[C@H]2C(=O)N1c1ccccc1. The molecule has 1 fully saturated rings. The molecule has 2 heterocycles. The summed E-state index contributed by atoms with van der Waals surface area (Å²) in [5.74, 6) is -0.642. The second-order valence-electron chi connectivity index (χ2n) is 5.67. The Bertz CT molecular complexity index is 839. The fourth-order valence-electron chi connectivity index (χ4n) is 3.01. The van der Waals surface area contributed by atoms with Crippen LogP contribution in [0.25, 0.3) is 0 Å². The maximum Gasteiger partial charge on any atom is 0.263 e. The maximum absolute atomic E-state index is 12.8. The average molecular weight is 341 g/mol. The zero-order valence-electron chi connectivity index (χ0n) is 12.5. The van der Waals surface area contributed by atoms with Gasteiger partial charge in [-0.3, -0.25) is 14.6 Å². The number of imide groups is 1. The molecular weight excluding hydrogens is 328 g/mol. The van der Waals surface area contributed by atoms with Crippen LogP contribution in [0.3, 0.4) is 0 Å². The van der Waals surface area contributed by atoms with Crippen molar-refractivity contribution in [2.24, 2.45) is 10.3 Å². The van der Waals surface area contributed by atoms with Crippen molar-refractivity contribution in [3.8, 4) is 0 Å². The van der Waals surface area contributed by atoms with Gasteiger partial charge in [-0.1, -0.05) is 47.2 Å². The molecule has 2 aliphatic heterocycles. The number of nitrogens with zero attached hydrogens (tertiary/aromatic N) is 4. The molecule has 0 saturated carbocycles.